The molecule has 3 N–H and O–H groups in total. The normalized spacial score (nSPS) is 12.4. The molecule has 0 amide bonds. The van der Waals surface area contributed by atoms with E-state index in [4.69, 9.17) is 10.5 Å². The molecule has 5 heteroatoms. The van der Waals surface area contributed by atoms with Crippen molar-refractivity contribution in [2.24, 2.45) is 0 Å². The molecule has 0 aliphatic rings. The molecule has 0 fully saturated rings. The number of aromatic amines is 1. The second kappa shape index (κ2) is 3.75. The van der Waals surface area contributed by atoms with Crippen LogP contribution in [0.15, 0.2) is 6.20 Å². The Bertz CT molecular complexity index is 259. The summed E-state index contributed by atoms with van der Waals surface area (Å²) in [6, 6.07) is 0. The predicted octanol–water partition coefficient (Wildman–Crippen LogP) is 0.0959. The molecule has 0 bridgehead atoms. The van der Waals surface area contributed by atoms with Gasteiger partial charge in [-0.3, -0.25) is 9.89 Å². The van der Waals surface area contributed by atoms with E-state index in [1.807, 2.05) is 0 Å². The van der Waals surface area contributed by atoms with Crippen LogP contribution < -0.4 is 5.73 Å². The van der Waals surface area contributed by atoms with Gasteiger partial charge in [0.15, 0.2) is 0 Å². The lowest BCUT2D eigenvalue weighted by molar-refractivity contribution is -0.132. The van der Waals surface area contributed by atoms with Crippen LogP contribution in [0.3, 0.4) is 0 Å². The molecule has 1 atom stereocenters. The van der Waals surface area contributed by atoms with E-state index in [1.54, 1.807) is 13.1 Å². The molecule has 1 aromatic heterocycles. The van der Waals surface area contributed by atoms with Gasteiger partial charge < -0.3 is 10.5 Å². The minimum atomic E-state index is -0.164. The van der Waals surface area contributed by atoms with E-state index in [0.717, 1.165) is 5.56 Å². The van der Waals surface area contributed by atoms with Crippen molar-refractivity contribution in [3.63, 3.8) is 0 Å². The van der Waals surface area contributed by atoms with E-state index in [-0.39, 0.29) is 6.10 Å². The van der Waals surface area contributed by atoms with Crippen molar-refractivity contribution in [3.8, 4) is 0 Å². The van der Waals surface area contributed by atoms with Crippen molar-refractivity contribution in [2.75, 3.05) is 5.73 Å². The van der Waals surface area contributed by atoms with Crippen LogP contribution in [0.4, 0.5) is 5.82 Å². The Balaban J connectivity index is 2.51. The van der Waals surface area contributed by atoms with Crippen LogP contribution in [0.1, 0.15) is 12.5 Å². The Kier molecular flexibility index (Phi) is 2.68. The van der Waals surface area contributed by atoms with Crippen molar-refractivity contribution in [1.82, 2.24) is 10.2 Å². The first-order valence-corrected chi connectivity index (χ1v) is 3.61. The van der Waals surface area contributed by atoms with Gasteiger partial charge in [0.05, 0.1) is 6.20 Å². The zero-order valence-electron chi connectivity index (χ0n) is 6.78. The molecular formula is C7H11N3O2. The molecule has 0 saturated carbocycles. The molecule has 66 valence electrons. The second-order valence-corrected chi connectivity index (χ2v) is 2.56. The smallest absolute Gasteiger partial charge is 0.293 e. The van der Waals surface area contributed by atoms with Crippen LogP contribution in [0.5, 0.6) is 0 Å². The van der Waals surface area contributed by atoms with E-state index < -0.39 is 0 Å². The van der Waals surface area contributed by atoms with E-state index in [2.05, 4.69) is 10.2 Å². The highest BCUT2D eigenvalue weighted by Gasteiger charge is 2.07. The molecule has 12 heavy (non-hydrogen) atoms. The van der Waals surface area contributed by atoms with Crippen molar-refractivity contribution in [3.05, 3.63) is 11.8 Å². The molecule has 1 aromatic rings. The third-order valence-corrected chi connectivity index (χ3v) is 1.55. The third-order valence-electron chi connectivity index (χ3n) is 1.55. The quantitative estimate of drug-likeness (QED) is 0.626. The fraction of sp³-hybridized carbons (Fsp3) is 0.429. The molecule has 0 spiro atoms. The summed E-state index contributed by atoms with van der Waals surface area (Å²) < 4.78 is 4.69. The summed E-state index contributed by atoms with van der Waals surface area (Å²) in [7, 11) is 0. The summed E-state index contributed by atoms with van der Waals surface area (Å²) >= 11 is 0. The largest absolute Gasteiger partial charge is 0.465 e. The van der Waals surface area contributed by atoms with Crippen LogP contribution in [-0.2, 0) is 16.0 Å². The Labute approximate surface area is 69.9 Å². The van der Waals surface area contributed by atoms with Crippen molar-refractivity contribution in [1.29, 1.82) is 0 Å². The van der Waals surface area contributed by atoms with Crippen molar-refractivity contribution in [2.45, 2.75) is 19.4 Å². The summed E-state index contributed by atoms with van der Waals surface area (Å²) in [5.41, 5.74) is 6.39. The maximum Gasteiger partial charge on any atom is 0.293 e. The molecule has 0 aromatic carbocycles. The number of nitrogens with two attached hydrogens (primary N) is 1. The van der Waals surface area contributed by atoms with Gasteiger partial charge in [0.2, 0.25) is 0 Å². The molecule has 0 aliphatic carbocycles. The Morgan fingerprint density at radius 1 is 1.92 bits per heavy atom. The number of nitrogen functional groups attached to an aromatic ring is 1. The number of carbonyl (C=O) groups is 1. The maximum absolute atomic E-state index is 9.95. The highest BCUT2D eigenvalue weighted by atomic mass is 16.5. The SMILES string of the molecule is CC(Cc1cn[nH]c1N)OC=O. The van der Waals surface area contributed by atoms with Crippen LogP contribution >= 0.6 is 0 Å². The van der Waals surface area contributed by atoms with Gasteiger partial charge in [-0.1, -0.05) is 0 Å². The zero-order valence-corrected chi connectivity index (χ0v) is 6.78. The molecule has 0 aliphatic heterocycles. The number of hydrogen-bond acceptors (Lipinski definition) is 4. The number of hydrogen-bond donors (Lipinski definition) is 2. The standard InChI is InChI=1S/C7H11N3O2/c1-5(12-4-11)2-6-3-9-10-7(6)8/h3-5H,2H2,1H3,(H3,8,9,10). The molecule has 0 saturated heterocycles. The van der Waals surface area contributed by atoms with Crippen molar-refractivity contribution < 1.29 is 9.53 Å². The Morgan fingerprint density at radius 2 is 2.67 bits per heavy atom. The fourth-order valence-corrected chi connectivity index (χ4v) is 0.936. The lowest BCUT2D eigenvalue weighted by Crippen LogP contribution is -2.10. The molecule has 1 rings (SSSR count). The highest BCUT2D eigenvalue weighted by molar-refractivity contribution is 5.39. The van der Waals surface area contributed by atoms with E-state index in [0.29, 0.717) is 18.7 Å². The van der Waals surface area contributed by atoms with Gasteiger partial charge in [-0.25, -0.2) is 0 Å². The minimum absolute atomic E-state index is 0.164. The van der Waals surface area contributed by atoms with E-state index in [1.165, 1.54) is 0 Å². The number of H-pyrrole nitrogens is 1. The zero-order chi connectivity index (χ0) is 8.97. The Hall–Kier alpha value is -1.52. The van der Waals surface area contributed by atoms with Crippen LogP contribution in [0.25, 0.3) is 0 Å². The molecule has 1 unspecified atom stereocenters. The van der Waals surface area contributed by atoms with Gasteiger partial charge >= 0.3 is 0 Å². The molecular weight excluding hydrogens is 158 g/mol. The molecule has 1 heterocycles. The van der Waals surface area contributed by atoms with Gasteiger partial charge in [-0.15, -0.1) is 0 Å². The summed E-state index contributed by atoms with van der Waals surface area (Å²) in [4.78, 5) is 9.95. The molecule has 5 nitrogen and oxygen atoms in total. The summed E-state index contributed by atoms with van der Waals surface area (Å²) in [6.07, 6.45) is 2.04. The lowest BCUT2D eigenvalue weighted by Gasteiger charge is -2.07. The van der Waals surface area contributed by atoms with Crippen molar-refractivity contribution >= 4 is 12.3 Å². The minimum Gasteiger partial charge on any atom is -0.465 e. The van der Waals surface area contributed by atoms with Gasteiger partial charge in [-0.05, 0) is 6.92 Å². The number of aromatic nitrogens is 2. The summed E-state index contributed by atoms with van der Waals surface area (Å²) in [5.74, 6) is 0.524. The average molecular weight is 169 g/mol. The second-order valence-electron chi connectivity index (χ2n) is 2.56. The predicted molar refractivity (Wildman–Crippen MR) is 43.3 cm³/mol. The number of rotatable bonds is 4. The Morgan fingerprint density at radius 3 is 3.17 bits per heavy atom. The van der Waals surface area contributed by atoms with E-state index in [9.17, 15) is 4.79 Å². The number of anilines is 1. The number of nitrogens with zero attached hydrogens (tertiary/aromatic N) is 1. The van der Waals surface area contributed by atoms with Gasteiger partial charge in [-0.2, -0.15) is 5.10 Å². The van der Waals surface area contributed by atoms with Gasteiger partial charge in [0.25, 0.3) is 6.47 Å². The summed E-state index contributed by atoms with van der Waals surface area (Å²) in [6.45, 7) is 2.22. The van der Waals surface area contributed by atoms with Crippen LogP contribution in [-0.4, -0.2) is 22.8 Å². The highest BCUT2D eigenvalue weighted by Crippen LogP contribution is 2.09. The first-order chi connectivity index (χ1) is 5.74. The number of ether oxygens (including phenoxy) is 1. The number of carbonyl (C=O) groups excluding carboxylic acids is 1. The lowest BCUT2D eigenvalue weighted by atomic mass is 10.1. The van der Waals surface area contributed by atoms with Gasteiger partial charge in [0.1, 0.15) is 11.9 Å². The maximum atomic E-state index is 9.95. The average Bonchev–Trinajstić information content (AvgIpc) is 2.37. The third kappa shape index (κ3) is 1.98. The van der Waals surface area contributed by atoms with Crippen LogP contribution in [0.2, 0.25) is 0 Å². The van der Waals surface area contributed by atoms with E-state index >= 15 is 0 Å². The fourth-order valence-electron chi connectivity index (χ4n) is 0.936. The van der Waals surface area contributed by atoms with Gasteiger partial charge in [0, 0.05) is 12.0 Å². The number of nitrogens with one attached hydrogen (secondary N) is 1. The van der Waals surface area contributed by atoms with Crippen LogP contribution in [0, 0.1) is 0 Å². The molecule has 0 radical (unpaired) electrons. The topological polar surface area (TPSA) is 81.0 Å². The summed E-state index contributed by atoms with van der Waals surface area (Å²) in [5, 5.41) is 6.34. The first-order valence-electron chi connectivity index (χ1n) is 3.61. The monoisotopic (exact) mass is 169 g/mol. The first kappa shape index (κ1) is 8.58.